The zero-order valence-electron chi connectivity index (χ0n) is 18.9. The average Bonchev–Trinajstić information content (AvgIpc) is 3.31. The number of hydrogen-bond donors (Lipinski definition) is 3. The number of hydrogen-bond acceptors (Lipinski definition) is 10. The number of nitrogens with one attached hydrogen (secondary N) is 2. The lowest BCUT2D eigenvalue weighted by atomic mass is 10.0. The van der Waals surface area contributed by atoms with E-state index in [1.165, 1.54) is 16.7 Å². The number of aliphatic hydroxyl groups excluding tert-OH is 1. The van der Waals surface area contributed by atoms with E-state index >= 15 is 0 Å². The van der Waals surface area contributed by atoms with E-state index in [0.717, 1.165) is 11.3 Å². The molecule has 0 aliphatic carbocycles. The molecule has 34 heavy (non-hydrogen) atoms. The van der Waals surface area contributed by atoms with Gasteiger partial charge >= 0.3 is 12.1 Å². The van der Waals surface area contributed by atoms with Crippen molar-refractivity contribution in [2.45, 2.75) is 57.4 Å². The summed E-state index contributed by atoms with van der Waals surface area (Å²) >= 11 is 2.47. The summed E-state index contributed by atoms with van der Waals surface area (Å²) in [6, 6.07) is -0.838. The van der Waals surface area contributed by atoms with Gasteiger partial charge in [-0.1, -0.05) is 13.0 Å². The van der Waals surface area contributed by atoms with Crippen molar-refractivity contribution in [3.63, 3.8) is 0 Å². The maximum absolute atomic E-state index is 13.1. The van der Waals surface area contributed by atoms with Gasteiger partial charge in [0.15, 0.2) is 5.13 Å². The molecule has 3 aliphatic heterocycles. The van der Waals surface area contributed by atoms with Crippen LogP contribution in [0.1, 0.15) is 39.8 Å². The molecule has 3 aliphatic rings. The second kappa shape index (κ2) is 9.04. The van der Waals surface area contributed by atoms with Crippen molar-refractivity contribution in [3.05, 3.63) is 28.4 Å². The van der Waals surface area contributed by atoms with Gasteiger partial charge in [0, 0.05) is 16.7 Å². The Balaban J connectivity index is 1.44. The van der Waals surface area contributed by atoms with Crippen LogP contribution in [0.4, 0.5) is 9.93 Å². The molecule has 1 saturated heterocycles. The molecule has 1 aromatic rings. The number of aliphatic hydroxyl groups is 1. The predicted molar refractivity (Wildman–Crippen MR) is 124 cm³/mol. The fraction of sp³-hybridized carbons (Fsp3) is 0.476. The summed E-state index contributed by atoms with van der Waals surface area (Å²) in [5.74, 6) is -1.38. The van der Waals surface area contributed by atoms with Crippen LogP contribution in [0.15, 0.2) is 22.7 Å². The number of ether oxygens (including phenoxy) is 2. The third kappa shape index (κ3) is 4.55. The van der Waals surface area contributed by atoms with Crippen molar-refractivity contribution in [1.29, 1.82) is 0 Å². The average molecular weight is 509 g/mol. The van der Waals surface area contributed by atoms with Crippen LogP contribution in [0.25, 0.3) is 5.57 Å². The number of carbonyl (C=O) groups excluding carboxylic acids is 4. The minimum Gasteiger partial charge on any atom is -0.444 e. The van der Waals surface area contributed by atoms with E-state index < -0.39 is 47.2 Å². The van der Waals surface area contributed by atoms with Gasteiger partial charge in [-0.15, -0.1) is 23.1 Å². The third-order valence-corrected chi connectivity index (χ3v) is 7.10. The number of thioether (sulfide) groups is 1. The minimum absolute atomic E-state index is 0.0634. The highest BCUT2D eigenvalue weighted by Crippen LogP contribution is 2.44. The Bertz CT molecular complexity index is 1120. The van der Waals surface area contributed by atoms with Crippen molar-refractivity contribution in [3.8, 4) is 0 Å². The molecule has 3 atom stereocenters. The molecule has 3 N–H and O–H groups in total. The van der Waals surface area contributed by atoms with Crippen molar-refractivity contribution in [2.24, 2.45) is 0 Å². The second-order valence-corrected chi connectivity index (χ2v) is 10.6. The number of rotatable bonds is 5. The highest BCUT2D eigenvalue weighted by molar-refractivity contribution is 8.00. The molecule has 0 aromatic carbocycles. The van der Waals surface area contributed by atoms with Crippen molar-refractivity contribution >= 4 is 57.7 Å². The molecule has 182 valence electrons. The Labute approximate surface area is 203 Å². The number of allylic oxidation sites excluding steroid dienone is 1. The smallest absolute Gasteiger partial charge is 0.413 e. The Morgan fingerprint density at radius 1 is 1.38 bits per heavy atom. The van der Waals surface area contributed by atoms with Crippen LogP contribution in [0.2, 0.25) is 0 Å². The fourth-order valence-electron chi connectivity index (χ4n) is 3.63. The molecule has 4 rings (SSSR count). The first-order valence-corrected chi connectivity index (χ1v) is 12.5. The summed E-state index contributed by atoms with van der Waals surface area (Å²) in [6.07, 6.45) is 0.224. The summed E-state index contributed by atoms with van der Waals surface area (Å²) in [5.41, 5.74) is 0.375. The van der Waals surface area contributed by atoms with Crippen molar-refractivity contribution < 1.29 is 33.8 Å². The molecular weight excluding hydrogens is 484 g/mol. The van der Waals surface area contributed by atoms with E-state index in [0.29, 0.717) is 23.4 Å². The first-order chi connectivity index (χ1) is 16.0. The molecule has 0 saturated carbocycles. The van der Waals surface area contributed by atoms with E-state index in [-0.39, 0.29) is 16.4 Å². The molecule has 0 bridgehead atoms. The number of cyclic esters (lactones) is 1. The highest BCUT2D eigenvalue weighted by atomic mass is 32.2. The van der Waals surface area contributed by atoms with Gasteiger partial charge in [-0.2, -0.15) is 0 Å². The number of esters is 1. The summed E-state index contributed by atoms with van der Waals surface area (Å²) in [6.45, 7) is 7.09. The van der Waals surface area contributed by atoms with Gasteiger partial charge in [-0.25, -0.2) is 14.6 Å². The van der Waals surface area contributed by atoms with E-state index in [2.05, 4.69) is 15.6 Å². The summed E-state index contributed by atoms with van der Waals surface area (Å²) < 4.78 is 10.0. The number of β-lactam (4-membered cyclic amide) rings is 1. The van der Waals surface area contributed by atoms with Crippen LogP contribution in [0, 0.1) is 0 Å². The molecule has 4 heterocycles. The normalized spacial score (nSPS) is 24.2. The standard InChI is InChI=1S/C21H24N4O7S2/c1-5-6-9(11-8-34-19(22-11)24-20(30)32-21(2,3)4)14(26)23-12-15(27)25-13-10(7-33-16(12)25)17(28)31-18(13)29/h6,8,12,16-17,28H,5,7H2,1-4H3,(H,23,26)(H,22,24,30)/b9-6-. The molecule has 3 unspecified atom stereocenters. The monoisotopic (exact) mass is 508 g/mol. The number of aromatic nitrogens is 1. The predicted octanol–water partition coefficient (Wildman–Crippen LogP) is 1.81. The Kier molecular flexibility index (Phi) is 6.44. The number of carbonyl (C=O) groups is 4. The quantitative estimate of drug-likeness (QED) is 0.308. The lowest BCUT2D eigenvalue weighted by molar-refractivity contribution is -0.157. The van der Waals surface area contributed by atoms with Crippen LogP contribution >= 0.6 is 23.1 Å². The number of thiazole rings is 1. The number of anilines is 1. The largest absolute Gasteiger partial charge is 0.444 e. The van der Waals surface area contributed by atoms with Crippen molar-refractivity contribution in [2.75, 3.05) is 11.1 Å². The first-order valence-electron chi connectivity index (χ1n) is 10.5. The van der Waals surface area contributed by atoms with Crippen LogP contribution in [0.5, 0.6) is 0 Å². The summed E-state index contributed by atoms with van der Waals surface area (Å²) in [7, 11) is 0. The third-order valence-electron chi connectivity index (χ3n) is 5.04. The molecular formula is C21H24N4O7S2. The molecule has 11 nitrogen and oxygen atoms in total. The zero-order valence-corrected chi connectivity index (χ0v) is 20.5. The van der Waals surface area contributed by atoms with E-state index in [1.807, 2.05) is 6.92 Å². The molecule has 0 spiro atoms. The molecule has 13 heteroatoms. The Morgan fingerprint density at radius 2 is 2.12 bits per heavy atom. The summed E-state index contributed by atoms with van der Waals surface area (Å²) in [4.78, 5) is 55.4. The zero-order chi connectivity index (χ0) is 24.8. The molecule has 0 radical (unpaired) electrons. The number of amides is 3. The fourth-order valence-corrected chi connectivity index (χ4v) is 5.69. The second-order valence-electron chi connectivity index (χ2n) is 8.68. The van der Waals surface area contributed by atoms with Crippen LogP contribution in [-0.2, 0) is 23.9 Å². The van der Waals surface area contributed by atoms with Gasteiger partial charge in [0.2, 0.25) is 6.29 Å². The Hall–Kier alpha value is -2.90. The SMILES string of the molecule is CC/C=C(\C(=O)NC1C(=O)N2C3=C(CSC12)C(O)OC3=O)c1csc(NC(=O)OC(C)(C)C)n1. The maximum Gasteiger partial charge on any atom is 0.413 e. The van der Waals surface area contributed by atoms with Crippen LogP contribution in [0.3, 0.4) is 0 Å². The number of fused-ring (bicyclic) bond motifs is 2. The van der Waals surface area contributed by atoms with E-state index in [4.69, 9.17) is 9.47 Å². The van der Waals surface area contributed by atoms with Gasteiger partial charge in [-0.3, -0.25) is 19.8 Å². The first kappa shape index (κ1) is 24.2. The molecule has 1 aromatic heterocycles. The lowest BCUT2D eigenvalue weighted by Gasteiger charge is -2.48. The van der Waals surface area contributed by atoms with Gasteiger partial charge in [0.25, 0.3) is 11.8 Å². The Morgan fingerprint density at radius 3 is 2.79 bits per heavy atom. The van der Waals surface area contributed by atoms with Crippen molar-refractivity contribution in [1.82, 2.24) is 15.2 Å². The van der Waals surface area contributed by atoms with Gasteiger partial charge in [-0.05, 0) is 27.2 Å². The van der Waals surface area contributed by atoms with Gasteiger partial charge in [0.1, 0.15) is 22.7 Å². The van der Waals surface area contributed by atoms with Gasteiger partial charge in [0.05, 0.1) is 11.3 Å². The van der Waals surface area contributed by atoms with E-state index in [9.17, 15) is 24.3 Å². The highest BCUT2D eigenvalue weighted by Gasteiger charge is 2.57. The molecule has 3 amide bonds. The minimum atomic E-state index is -1.34. The van der Waals surface area contributed by atoms with Gasteiger partial charge < -0.3 is 19.9 Å². The van der Waals surface area contributed by atoms with E-state index in [1.54, 1.807) is 32.2 Å². The summed E-state index contributed by atoms with van der Waals surface area (Å²) in [5, 5.41) is 16.5. The molecule has 1 fully saturated rings. The van der Waals surface area contributed by atoms with Crippen LogP contribution in [-0.4, -0.2) is 67.9 Å². The number of nitrogens with zero attached hydrogens (tertiary/aromatic N) is 2. The lowest BCUT2D eigenvalue weighted by Crippen LogP contribution is -2.70. The topological polar surface area (TPSA) is 147 Å². The maximum atomic E-state index is 13.1. The van der Waals surface area contributed by atoms with Crippen LogP contribution < -0.4 is 10.6 Å².